The maximum Gasteiger partial charge on any atom is 0.0246 e. The van der Waals surface area contributed by atoms with Gasteiger partial charge < -0.3 is 5.32 Å². The van der Waals surface area contributed by atoms with Crippen molar-refractivity contribution in [2.75, 3.05) is 31.6 Å². The molecule has 20 heavy (non-hydrogen) atoms. The Morgan fingerprint density at radius 3 is 2.70 bits per heavy atom. The van der Waals surface area contributed by atoms with Crippen molar-refractivity contribution in [1.29, 1.82) is 0 Å². The first-order valence-electron chi connectivity index (χ1n) is 8.44. The zero-order valence-electron chi connectivity index (χ0n) is 13.3. The Morgan fingerprint density at radius 1 is 1.25 bits per heavy atom. The van der Waals surface area contributed by atoms with E-state index in [-0.39, 0.29) is 0 Å². The first-order chi connectivity index (χ1) is 9.66. The van der Waals surface area contributed by atoms with Gasteiger partial charge in [-0.2, -0.15) is 0 Å². The molecule has 2 fully saturated rings. The molecule has 0 bridgehead atoms. The lowest BCUT2D eigenvalue weighted by Gasteiger charge is -2.35. The summed E-state index contributed by atoms with van der Waals surface area (Å²) < 4.78 is 11.3. The summed E-state index contributed by atoms with van der Waals surface area (Å²) >= 11 is 0. The Bertz CT molecular complexity index is 305. The molecule has 0 aromatic rings. The van der Waals surface area contributed by atoms with Crippen molar-refractivity contribution in [3.63, 3.8) is 0 Å². The highest BCUT2D eigenvalue weighted by Crippen LogP contribution is 2.28. The lowest BCUT2D eigenvalue weighted by atomic mass is 9.83. The highest BCUT2D eigenvalue weighted by Gasteiger charge is 2.28. The summed E-state index contributed by atoms with van der Waals surface area (Å²) in [7, 11) is -0.650. The average molecular weight is 301 g/mol. The molecule has 0 radical (unpaired) electrons. The van der Waals surface area contributed by atoms with Crippen LogP contribution in [0.25, 0.3) is 0 Å². The van der Waals surface area contributed by atoms with Gasteiger partial charge in [0.25, 0.3) is 0 Å². The standard InChI is InChI=1S/C16H32N2OS/c1-14(9-12-20(2)19)18-11-6-10-17-16(13-18)15-7-4-3-5-8-15/h14-17H,3-13H2,1-2H3. The maximum atomic E-state index is 11.3. The molecule has 118 valence electrons. The van der Waals surface area contributed by atoms with Crippen LogP contribution in [0.1, 0.15) is 51.9 Å². The van der Waals surface area contributed by atoms with E-state index in [1.54, 1.807) is 0 Å². The van der Waals surface area contributed by atoms with Gasteiger partial charge in [0.1, 0.15) is 0 Å². The van der Waals surface area contributed by atoms with Gasteiger partial charge in [0.15, 0.2) is 0 Å². The monoisotopic (exact) mass is 300 g/mol. The number of nitrogens with zero attached hydrogens (tertiary/aromatic N) is 1. The molecular formula is C16H32N2OS. The first kappa shape index (κ1) is 16.4. The van der Waals surface area contributed by atoms with E-state index in [4.69, 9.17) is 0 Å². The van der Waals surface area contributed by atoms with E-state index in [0.29, 0.717) is 12.1 Å². The van der Waals surface area contributed by atoms with Gasteiger partial charge >= 0.3 is 0 Å². The molecule has 2 rings (SSSR count). The molecule has 0 spiro atoms. The first-order valence-corrected chi connectivity index (χ1v) is 10.2. The summed E-state index contributed by atoms with van der Waals surface area (Å²) in [5.41, 5.74) is 0. The van der Waals surface area contributed by atoms with Crippen LogP contribution in [0.4, 0.5) is 0 Å². The van der Waals surface area contributed by atoms with E-state index < -0.39 is 10.8 Å². The van der Waals surface area contributed by atoms with Crippen LogP contribution in [0.15, 0.2) is 0 Å². The third-order valence-electron chi connectivity index (χ3n) is 5.13. The van der Waals surface area contributed by atoms with Crippen molar-refractivity contribution in [1.82, 2.24) is 10.2 Å². The van der Waals surface area contributed by atoms with E-state index in [2.05, 4.69) is 17.1 Å². The zero-order valence-corrected chi connectivity index (χ0v) is 14.1. The lowest BCUT2D eigenvalue weighted by molar-refractivity contribution is 0.167. The van der Waals surface area contributed by atoms with Crippen LogP contribution in [-0.2, 0) is 10.8 Å². The Kier molecular flexibility index (Phi) is 6.99. The molecule has 3 nitrogen and oxygen atoms in total. The molecule has 3 unspecified atom stereocenters. The fraction of sp³-hybridized carbons (Fsp3) is 1.00. The SMILES string of the molecule is CC(CCS(C)=O)N1CCCNC(C2CCCCC2)C1. The molecule has 0 amide bonds. The van der Waals surface area contributed by atoms with E-state index >= 15 is 0 Å². The number of hydrogen-bond acceptors (Lipinski definition) is 3. The van der Waals surface area contributed by atoms with Crippen LogP contribution in [-0.4, -0.2) is 52.8 Å². The van der Waals surface area contributed by atoms with Gasteiger partial charge in [-0.1, -0.05) is 19.3 Å². The van der Waals surface area contributed by atoms with Gasteiger partial charge in [-0.05, 0) is 51.6 Å². The number of hydrogen-bond donors (Lipinski definition) is 1. The van der Waals surface area contributed by atoms with Gasteiger partial charge in [-0.3, -0.25) is 9.11 Å². The largest absolute Gasteiger partial charge is 0.312 e. The summed E-state index contributed by atoms with van der Waals surface area (Å²) in [5, 5.41) is 3.80. The molecule has 1 heterocycles. The van der Waals surface area contributed by atoms with Gasteiger partial charge in [0.05, 0.1) is 0 Å². The van der Waals surface area contributed by atoms with E-state index in [0.717, 1.165) is 18.1 Å². The molecule has 3 atom stereocenters. The van der Waals surface area contributed by atoms with Crippen LogP contribution in [0.5, 0.6) is 0 Å². The van der Waals surface area contributed by atoms with Crippen LogP contribution < -0.4 is 5.32 Å². The summed E-state index contributed by atoms with van der Waals surface area (Å²) in [6.45, 7) is 5.89. The molecule has 2 aliphatic rings. The second kappa shape index (κ2) is 8.50. The van der Waals surface area contributed by atoms with E-state index in [9.17, 15) is 4.21 Å². The van der Waals surface area contributed by atoms with E-state index in [1.807, 2.05) is 6.26 Å². The molecule has 1 saturated heterocycles. The molecule has 1 aliphatic carbocycles. The fourth-order valence-electron chi connectivity index (χ4n) is 3.75. The highest BCUT2D eigenvalue weighted by molar-refractivity contribution is 7.84. The summed E-state index contributed by atoms with van der Waals surface area (Å²) in [5.74, 6) is 1.73. The van der Waals surface area contributed by atoms with E-state index in [1.165, 1.54) is 58.2 Å². The molecule has 1 saturated carbocycles. The van der Waals surface area contributed by atoms with Crippen LogP contribution in [0.2, 0.25) is 0 Å². The summed E-state index contributed by atoms with van der Waals surface area (Å²) in [4.78, 5) is 2.64. The van der Waals surface area contributed by atoms with Gasteiger partial charge in [0.2, 0.25) is 0 Å². The lowest BCUT2D eigenvalue weighted by Crippen LogP contribution is -2.46. The minimum atomic E-state index is -0.650. The predicted octanol–water partition coefficient (Wildman–Crippen LogP) is 2.39. The Labute approximate surface area is 127 Å². The molecule has 0 aromatic heterocycles. The molecule has 1 N–H and O–H groups in total. The van der Waals surface area contributed by atoms with Crippen LogP contribution in [0.3, 0.4) is 0 Å². The second-order valence-electron chi connectivity index (χ2n) is 6.72. The third kappa shape index (κ3) is 5.12. The fourth-order valence-corrected chi connectivity index (χ4v) is 4.42. The maximum absolute atomic E-state index is 11.3. The Hall–Kier alpha value is 0.0700. The van der Waals surface area contributed by atoms with Gasteiger partial charge in [0, 0.05) is 41.4 Å². The van der Waals surface area contributed by atoms with Gasteiger partial charge in [-0.25, -0.2) is 0 Å². The predicted molar refractivity (Wildman–Crippen MR) is 87.6 cm³/mol. The van der Waals surface area contributed by atoms with Crippen molar-refractivity contribution in [3.8, 4) is 0 Å². The molecule has 4 heteroatoms. The number of nitrogens with one attached hydrogen (secondary N) is 1. The third-order valence-corrected chi connectivity index (χ3v) is 5.94. The molecule has 1 aliphatic heterocycles. The van der Waals surface area contributed by atoms with Gasteiger partial charge in [-0.15, -0.1) is 0 Å². The normalized spacial score (nSPS) is 29.8. The van der Waals surface area contributed by atoms with Crippen molar-refractivity contribution in [3.05, 3.63) is 0 Å². The second-order valence-corrected chi connectivity index (χ2v) is 8.28. The topological polar surface area (TPSA) is 32.3 Å². The Morgan fingerprint density at radius 2 is 2.00 bits per heavy atom. The van der Waals surface area contributed by atoms with Crippen molar-refractivity contribution in [2.24, 2.45) is 5.92 Å². The minimum Gasteiger partial charge on any atom is -0.312 e. The zero-order chi connectivity index (χ0) is 14.4. The molecule has 0 aromatic carbocycles. The van der Waals surface area contributed by atoms with Crippen molar-refractivity contribution >= 4 is 10.8 Å². The molecular weight excluding hydrogens is 268 g/mol. The number of rotatable bonds is 5. The summed E-state index contributed by atoms with van der Waals surface area (Å²) in [6.07, 6.45) is 11.3. The summed E-state index contributed by atoms with van der Waals surface area (Å²) in [6, 6.07) is 1.26. The quantitative estimate of drug-likeness (QED) is 0.846. The smallest absolute Gasteiger partial charge is 0.0246 e. The van der Waals surface area contributed by atoms with Crippen LogP contribution >= 0.6 is 0 Å². The highest BCUT2D eigenvalue weighted by atomic mass is 32.2. The van der Waals surface area contributed by atoms with Crippen molar-refractivity contribution < 1.29 is 4.21 Å². The van der Waals surface area contributed by atoms with Crippen LogP contribution in [0, 0.1) is 5.92 Å². The minimum absolute atomic E-state index is 0.574. The van der Waals surface area contributed by atoms with Crippen molar-refractivity contribution in [2.45, 2.75) is 64.0 Å². The average Bonchev–Trinajstić information content (AvgIpc) is 2.71. The Balaban J connectivity index is 1.86.